The van der Waals surface area contributed by atoms with E-state index in [1.54, 1.807) is 12.4 Å². The zero-order valence-corrected chi connectivity index (χ0v) is 17.3. The lowest BCUT2D eigenvalue weighted by Crippen LogP contribution is -2.53. The molecule has 0 saturated heterocycles. The fraction of sp³-hybridized carbons (Fsp3) is 0.364. The van der Waals surface area contributed by atoms with Gasteiger partial charge in [0.05, 0.1) is 23.0 Å². The lowest BCUT2D eigenvalue weighted by Gasteiger charge is -2.36. The molecule has 0 bridgehead atoms. The monoisotopic (exact) mass is 406 g/mol. The summed E-state index contributed by atoms with van der Waals surface area (Å²) >= 11 is 0. The van der Waals surface area contributed by atoms with Crippen LogP contribution in [-0.4, -0.2) is 45.1 Å². The summed E-state index contributed by atoms with van der Waals surface area (Å²) in [5.74, 6) is -0.201. The molecule has 2 heterocycles. The van der Waals surface area contributed by atoms with Gasteiger partial charge in [-0.1, -0.05) is 6.07 Å². The quantitative estimate of drug-likeness (QED) is 0.503. The van der Waals surface area contributed by atoms with Crippen LogP contribution >= 0.6 is 0 Å². The SMILES string of the molecule is CC(=O)NC1CC(NC(=O)c2cnc3ccc(-c4cn[nH]c4)cc3c2NC(C)C)C1. The molecule has 30 heavy (non-hydrogen) atoms. The number of aromatic amines is 1. The lowest BCUT2D eigenvalue weighted by atomic mass is 9.86. The minimum absolute atomic E-state index is 0.0413. The van der Waals surface area contributed by atoms with Crippen molar-refractivity contribution in [1.29, 1.82) is 0 Å². The van der Waals surface area contributed by atoms with Gasteiger partial charge in [0, 0.05) is 48.4 Å². The van der Waals surface area contributed by atoms with Gasteiger partial charge in [-0.05, 0) is 44.4 Å². The summed E-state index contributed by atoms with van der Waals surface area (Å²) in [6.07, 6.45) is 6.71. The van der Waals surface area contributed by atoms with Gasteiger partial charge in [0.25, 0.3) is 5.91 Å². The predicted octanol–water partition coefficient (Wildman–Crippen LogP) is 2.84. The van der Waals surface area contributed by atoms with Crippen LogP contribution in [0.15, 0.2) is 36.8 Å². The first kappa shape index (κ1) is 19.9. The molecule has 2 aromatic heterocycles. The molecule has 4 N–H and O–H groups in total. The first-order chi connectivity index (χ1) is 14.4. The van der Waals surface area contributed by atoms with Crippen LogP contribution in [0.25, 0.3) is 22.0 Å². The fourth-order valence-corrected chi connectivity index (χ4v) is 3.80. The molecule has 0 radical (unpaired) electrons. The van der Waals surface area contributed by atoms with Crippen molar-refractivity contribution in [2.45, 2.75) is 51.7 Å². The van der Waals surface area contributed by atoms with E-state index < -0.39 is 0 Å². The zero-order valence-electron chi connectivity index (χ0n) is 17.3. The van der Waals surface area contributed by atoms with Gasteiger partial charge in [-0.2, -0.15) is 5.10 Å². The molecule has 4 rings (SSSR count). The second-order valence-electron chi connectivity index (χ2n) is 8.10. The average molecular weight is 406 g/mol. The van der Waals surface area contributed by atoms with E-state index in [-0.39, 0.29) is 29.9 Å². The van der Waals surface area contributed by atoms with E-state index in [9.17, 15) is 9.59 Å². The van der Waals surface area contributed by atoms with Crippen molar-refractivity contribution in [3.05, 3.63) is 42.4 Å². The Morgan fingerprint density at radius 3 is 2.53 bits per heavy atom. The molecule has 0 spiro atoms. The number of nitrogens with one attached hydrogen (secondary N) is 4. The molecule has 0 aliphatic heterocycles. The predicted molar refractivity (Wildman–Crippen MR) is 116 cm³/mol. The summed E-state index contributed by atoms with van der Waals surface area (Å²) in [4.78, 5) is 28.7. The minimum Gasteiger partial charge on any atom is -0.382 e. The number of anilines is 1. The van der Waals surface area contributed by atoms with E-state index in [1.165, 1.54) is 6.92 Å². The maximum Gasteiger partial charge on any atom is 0.255 e. The number of aromatic nitrogens is 3. The summed E-state index contributed by atoms with van der Waals surface area (Å²) < 4.78 is 0. The molecule has 156 valence electrons. The van der Waals surface area contributed by atoms with Crippen LogP contribution in [0.2, 0.25) is 0 Å². The lowest BCUT2D eigenvalue weighted by molar-refractivity contribution is -0.120. The number of amides is 2. The Balaban J connectivity index is 1.63. The van der Waals surface area contributed by atoms with Crippen molar-refractivity contribution in [1.82, 2.24) is 25.8 Å². The standard InChI is InChI=1S/C22H26N6O2/c1-12(2)26-21-18-6-14(15-9-24-25-10-15)4-5-20(18)23-11-19(21)22(30)28-17-7-16(8-17)27-13(3)29/h4-6,9-12,16-17H,7-8H2,1-3H3,(H,23,26)(H,24,25)(H,27,29)(H,28,30). The topological polar surface area (TPSA) is 112 Å². The Kier molecular flexibility index (Phi) is 5.39. The number of pyridine rings is 1. The van der Waals surface area contributed by atoms with Gasteiger partial charge < -0.3 is 16.0 Å². The van der Waals surface area contributed by atoms with Crippen molar-refractivity contribution in [3.63, 3.8) is 0 Å². The van der Waals surface area contributed by atoms with E-state index in [1.807, 2.05) is 38.2 Å². The smallest absolute Gasteiger partial charge is 0.255 e. The number of rotatable bonds is 6. The van der Waals surface area contributed by atoms with Gasteiger partial charge >= 0.3 is 0 Å². The number of nitrogens with zero attached hydrogens (tertiary/aromatic N) is 2. The molecule has 1 saturated carbocycles. The second-order valence-corrected chi connectivity index (χ2v) is 8.10. The van der Waals surface area contributed by atoms with Crippen LogP contribution < -0.4 is 16.0 Å². The third-order valence-corrected chi connectivity index (χ3v) is 5.26. The van der Waals surface area contributed by atoms with Crippen LogP contribution in [-0.2, 0) is 4.79 Å². The third-order valence-electron chi connectivity index (χ3n) is 5.26. The summed E-state index contributed by atoms with van der Waals surface area (Å²) in [5.41, 5.74) is 4.08. The minimum atomic E-state index is -0.160. The molecule has 0 atom stereocenters. The highest BCUT2D eigenvalue weighted by atomic mass is 16.2. The Labute approximate surface area is 174 Å². The molecule has 8 heteroatoms. The number of hydrogen-bond acceptors (Lipinski definition) is 5. The van der Waals surface area contributed by atoms with E-state index in [2.05, 4.69) is 31.1 Å². The van der Waals surface area contributed by atoms with E-state index >= 15 is 0 Å². The van der Waals surface area contributed by atoms with Gasteiger partial charge in [-0.25, -0.2) is 0 Å². The van der Waals surface area contributed by atoms with E-state index in [0.29, 0.717) is 5.56 Å². The molecule has 2 amide bonds. The number of hydrogen-bond donors (Lipinski definition) is 4. The number of carbonyl (C=O) groups is 2. The summed E-state index contributed by atoms with van der Waals surface area (Å²) in [7, 11) is 0. The largest absolute Gasteiger partial charge is 0.382 e. The van der Waals surface area contributed by atoms with Crippen molar-refractivity contribution in [3.8, 4) is 11.1 Å². The number of fused-ring (bicyclic) bond motifs is 1. The van der Waals surface area contributed by atoms with Crippen LogP contribution in [0.1, 0.15) is 44.0 Å². The van der Waals surface area contributed by atoms with Crippen LogP contribution in [0.3, 0.4) is 0 Å². The second kappa shape index (κ2) is 8.14. The molecular formula is C22H26N6O2. The number of carbonyl (C=O) groups excluding carboxylic acids is 2. The highest BCUT2D eigenvalue weighted by Gasteiger charge is 2.31. The Hall–Kier alpha value is -3.42. The van der Waals surface area contributed by atoms with Crippen LogP contribution in [0.5, 0.6) is 0 Å². The molecule has 1 aromatic carbocycles. The van der Waals surface area contributed by atoms with Crippen molar-refractivity contribution >= 4 is 28.4 Å². The van der Waals surface area contributed by atoms with Crippen molar-refractivity contribution in [2.75, 3.05) is 5.32 Å². The molecule has 0 unspecified atom stereocenters. The Morgan fingerprint density at radius 1 is 1.10 bits per heavy atom. The summed E-state index contributed by atoms with van der Waals surface area (Å²) in [6.45, 7) is 5.59. The van der Waals surface area contributed by atoms with E-state index in [4.69, 9.17) is 0 Å². The fourth-order valence-electron chi connectivity index (χ4n) is 3.80. The Bertz CT molecular complexity index is 1070. The summed E-state index contributed by atoms with van der Waals surface area (Å²) in [6, 6.07) is 6.31. The number of benzene rings is 1. The molecule has 3 aromatic rings. The van der Waals surface area contributed by atoms with Crippen molar-refractivity contribution in [2.24, 2.45) is 0 Å². The van der Waals surface area contributed by atoms with Crippen LogP contribution in [0, 0.1) is 0 Å². The van der Waals surface area contributed by atoms with Crippen molar-refractivity contribution < 1.29 is 9.59 Å². The molecule has 1 aliphatic carbocycles. The normalized spacial score (nSPS) is 18.1. The highest BCUT2D eigenvalue weighted by molar-refractivity contribution is 6.08. The van der Waals surface area contributed by atoms with Crippen LogP contribution in [0.4, 0.5) is 5.69 Å². The first-order valence-corrected chi connectivity index (χ1v) is 10.2. The average Bonchev–Trinajstić information content (AvgIpc) is 3.20. The van der Waals surface area contributed by atoms with Gasteiger partial charge in [0.1, 0.15) is 0 Å². The zero-order chi connectivity index (χ0) is 21.3. The molecule has 1 fully saturated rings. The van der Waals surface area contributed by atoms with Gasteiger partial charge in [-0.15, -0.1) is 0 Å². The number of H-pyrrole nitrogens is 1. The van der Waals surface area contributed by atoms with E-state index in [0.717, 1.165) is 40.6 Å². The summed E-state index contributed by atoms with van der Waals surface area (Å²) in [5, 5.41) is 17.1. The maximum atomic E-state index is 13.0. The van der Waals surface area contributed by atoms with Gasteiger partial charge in [0.15, 0.2) is 0 Å². The molecule has 1 aliphatic rings. The Morgan fingerprint density at radius 2 is 1.87 bits per heavy atom. The van der Waals surface area contributed by atoms with Gasteiger partial charge in [-0.3, -0.25) is 19.7 Å². The first-order valence-electron chi connectivity index (χ1n) is 10.2. The van der Waals surface area contributed by atoms with Gasteiger partial charge in [0.2, 0.25) is 5.91 Å². The molecular weight excluding hydrogens is 380 g/mol. The third kappa shape index (κ3) is 4.12. The molecule has 8 nitrogen and oxygen atoms in total. The highest BCUT2D eigenvalue weighted by Crippen LogP contribution is 2.31. The maximum absolute atomic E-state index is 13.0.